The van der Waals surface area contributed by atoms with Crippen LogP contribution in [0.15, 0.2) is 23.1 Å². The van der Waals surface area contributed by atoms with Crippen molar-refractivity contribution in [1.82, 2.24) is 10.0 Å². The molecule has 2 saturated carbocycles. The smallest absolute Gasteiger partial charge is 0.251 e. The van der Waals surface area contributed by atoms with Gasteiger partial charge in [-0.3, -0.25) is 4.79 Å². The number of hydrogen-bond acceptors (Lipinski definition) is 4. The second-order valence-electron chi connectivity index (χ2n) is 10.6. The third-order valence-corrected chi connectivity index (χ3v) is 8.59. The molecule has 0 spiro atoms. The minimum atomic E-state index is -3.78. The molecule has 3 N–H and O–H groups in total. The standard InChI is InChI=1S/C22H35N3O3S/c1-20(2,3)25-29(27,28)17-12-14(8-9-16(17)23-7)18(26)24-19-21(4,5)15-10-11-22(19,6)13-15/h8-9,12,15,19,23,25H,10-11,13H2,1-7H3,(H,24,26)/t15-,19?,22+/m1/s1. The van der Waals surface area contributed by atoms with E-state index < -0.39 is 15.6 Å². The number of rotatable bonds is 5. The first-order valence-electron chi connectivity index (χ1n) is 10.4. The fraction of sp³-hybridized carbons (Fsp3) is 0.682. The third-order valence-electron chi connectivity index (χ3n) is 6.79. The lowest BCUT2D eigenvalue weighted by molar-refractivity contribution is 0.0737. The summed E-state index contributed by atoms with van der Waals surface area (Å²) in [5, 5.41) is 6.16. The summed E-state index contributed by atoms with van der Waals surface area (Å²) in [6.07, 6.45) is 3.48. The summed E-state index contributed by atoms with van der Waals surface area (Å²) in [6.45, 7) is 12.1. The van der Waals surface area contributed by atoms with E-state index in [0.29, 0.717) is 17.2 Å². The van der Waals surface area contributed by atoms with Crippen LogP contribution in [0, 0.1) is 16.7 Å². The van der Waals surface area contributed by atoms with E-state index in [-0.39, 0.29) is 27.7 Å². The van der Waals surface area contributed by atoms with Gasteiger partial charge >= 0.3 is 0 Å². The fourth-order valence-corrected chi connectivity index (χ4v) is 7.09. The maximum atomic E-state index is 13.1. The highest BCUT2D eigenvalue weighted by molar-refractivity contribution is 7.89. The molecule has 29 heavy (non-hydrogen) atoms. The highest BCUT2D eigenvalue weighted by Crippen LogP contribution is 2.62. The summed E-state index contributed by atoms with van der Waals surface area (Å²) >= 11 is 0. The van der Waals surface area contributed by atoms with Gasteiger partial charge in [0, 0.05) is 24.2 Å². The Kier molecular flexibility index (Phi) is 5.32. The maximum Gasteiger partial charge on any atom is 0.251 e. The molecule has 1 aromatic carbocycles. The van der Waals surface area contributed by atoms with E-state index in [1.807, 2.05) is 0 Å². The van der Waals surface area contributed by atoms with Gasteiger partial charge in [0.1, 0.15) is 4.90 Å². The zero-order chi connectivity index (χ0) is 21.8. The number of fused-ring (bicyclic) bond motifs is 2. The molecule has 7 heteroatoms. The van der Waals surface area contributed by atoms with Gasteiger partial charge in [-0.05, 0) is 75.0 Å². The molecule has 1 unspecified atom stereocenters. The van der Waals surface area contributed by atoms with Crippen LogP contribution in [0.4, 0.5) is 5.69 Å². The van der Waals surface area contributed by atoms with E-state index in [2.05, 4.69) is 36.1 Å². The van der Waals surface area contributed by atoms with Crippen molar-refractivity contribution in [3.8, 4) is 0 Å². The van der Waals surface area contributed by atoms with Crippen molar-refractivity contribution >= 4 is 21.6 Å². The minimum Gasteiger partial charge on any atom is -0.387 e. The Balaban J connectivity index is 1.91. The largest absolute Gasteiger partial charge is 0.387 e. The Morgan fingerprint density at radius 3 is 2.34 bits per heavy atom. The molecule has 3 rings (SSSR count). The average Bonchev–Trinajstić information content (AvgIpc) is 3.07. The van der Waals surface area contributed by atoms with Crippen LogP contribution in [0.25, 0.3) is 0 Å². The molecule has 0 saturated heterocycles. The predicted molar refractivity (Wildman–Crippen MR) is 117 cm³/mol. The predicted octanol–water partition coefficient (Wildman–Crippen LogP) is 3.75. The molecule has 1 amide bonds. The van der Waals surface area contributed by atoms with E-state index in [1.165, 1.54) is 12.5 Å². The molecule has 2 aliphatic rings. The summed E-state index contributed by atoms with van der Waals surface area (Å²) in [4.78, 5) is 13.2. The van der Waals surface area contributed by atoms with E-state index in [0.717, 1.165) is 12.8 Å². The van der Waals surface area contributed by atoms with Crippen molar-refractivity contribution in [2.45, 2.75) is 77.3 Å². The summed E-state index contributed by atoms with van der Waals surface area (Å²) in [5.41, 5.74) is 0.350. The fourth-order valence-electron chi connectivity index (χ4n) is 5.43. The van der Waals surface area contributed by atoms with Crippen LogP contribution in [-0.2, 0) is 10.0 Å². The van der Waals surface area contributed by atoms with Crippen molar-refractivity contribution in [3.05, 3.63) is 23.8 Å². The Labute approximate surface area is 175 Å². The number of anilines is 1. The second kappa shape index (κ2) is 6.98. The molecular formula is C22H35N3O3S. The molecule has 2 fully saturated rings. The molecular weight excluding hydrogens is 386 g/mol. The molecule has 0 aliphatic heterocycles. The first-order chi connectivity index (χ1) is 13.2. The van der Waals surface area contributed by atoms with Crippen LogP contribution in [0.2, 0.25) is 0 Å². The zero-order valence-electron chi connectivity index (χ0n) is 18.6. The molecule has 3 atom stereocenters. The lowest BCUT2D eigenvalue weighted by Crippen LogP contribution is -2.52. The van der Waals surface area contributed by atoms with E-state index in [1.54, 1.807) is 40.0 Å². The number of benzene rings is 1. The van der Waals surface area contributed by atoms with Crippen molar-refractivity contribution in [2.75, 3.05) is 12.4 Å². The maximum absolute atomic E-state index is 13.1. The van der Waals surface area contributed by atoms with Crippen LogP contribution >= 0.6 is 0 Å². The second-order valence-corrected chi connectivity index (χ2v) is 12.3. The molecule has 162 valence electrons. The van der Waals surface area contributed by atoms with Gasteiger partial charge < -0.3 is 10.6 Å². The van der Waals surface area contributed by atoms with Gasteiger partial charge in [-0.1, -0.05) is 20.8 Å². The van der Waals surface area contributed by atoms with Gasteiger partial charge in [-0.2, -0.15) is 0 Å². The zero-order valence-corrected chi connectivity index (χ0v) is 19.5. The van der Waals surface area contributed by atoms with Crippen LogP contribution in [0.1, 0.15) is 71.2 Å². The Hall–Kier alpha value is -1.60. The average molecular weight is 422 g/mol. The number of hydrogen-bond donors (Lipinski definition) is 3. The molecule has 0 aromatic heterocycles. The summed E-state index contributed by atoms with van der Waals surface area (Å²) in [7, 11) is -2.11. The first-order valence-corrected chi connectivity index (χ1v) is 11.8. The number of carbonyl (C=O) groups excluding carboxylic acids is 1. The molecule has 0 heterocycles. The molecule has 6 nitrogen and oxygen atoms in total. The van der Waals surface area contributed by atoms with Gasteiger partial charge in [0.2, 0.25) is 10.0 Å². The third kappa shape index (κ3) is 4.04. The van der Waals surface area contributed by atoms with Gasteiger partial charge in [0.05, 0.1) is 5.69 Å². The van der Waals surface area contributed by atoms with Gasteiger partial charge in [0.25, 0.3) is 5.91 Å². The summed E-state index contributed by atoms with van der Waals surface area (Å²) in [6, 6.07) is 4.88. The summed E-state index contributed by atoms with van der Waals surface area (Å²) < 4.78 is 28.5. The van der Waals surface area contributed by atoms with E-state index >= 15 is 0 Å². The monoisotopic (exact) mass is 421 g/mol. The van der Waals surface area contributed by atoms with Crippen LogP contribution in [0.3, 0.4) is 0 Å². The van der Waals surface area contributed by atoms with Crippen LogP contribution in [0.5, 0.6) is 0 Å². The van der Waals surface area contributed by atoms with E-state index in [4.69, 9.17) is 0 Å². The highest BCUT2D eigenvalue weighted by atomic mass is 32.2. The molecule has 2 aliphatic carbocycles. The van der Waals surface area contributed by atoms with Gasteiger partial charge in [-0.25, -0.2) is 13.1 Å². The molecule has 2 bridgehead atoms. The van der Waals surface area contributed by atoms with Crippen molar-refractivity contribution in [3.63, 3.8) is 0 Å². The molecule has 1 aromatic rings. The van der Waals surface area contributed by atoms with Crippen molar-refractivity contribution in [2.24, 2.45) is 16.7 Å². The quantitative estimate of drug-likeness (QED) is 0.676. The van der Waals surface area contributed by atoms with Crippen LogP contribution < -0.4 is 15.4 Å². The Bertz CT molecular complexity index is 913. The number of amides is 1. The SMILES string of the molecule is CNc1ccc(C(=O)NC2C(C)(C)[C@@H]3CC[C@@]2(C)C3)cc1S(=O)(=O)NC(C)(C)C. The first kappa shape index (κ1) is 22.1. The highest BCUT2D eigenvalue weighted by Gasteiger charge is 2.59. The summed E-state index contributed by atoms with van der Waals surface area (Å²) in [5.74, 6) is 0.406. The lowest BCUT2D eigenvalue weighted by atomic mass is 9.68. The Morgan fingerprint density at radius 2 is 1.83 bits per heavy atom. The Morgan fingerprint density at radius 1 is 1.17 bits per heavy atom. The van der Waals surface area contributed by atoms with Gasteiger partial charge in [-0.15, -0.1) is 0 Å². The van der Waals surface area contributed by atoms with Gasteiger partial charge in [0.15, 0.2) is 0 Å². The minimum absolute atomic E-state index is 0.0380. The lowest BCUT2D eigenvalue weighted by Gasteiger charge is -2.43. The number of sulfonamides is 1. The number of carbonyl (C=O) groups is 1. The van der Waals surface area contributed by atoms with E-state index in [9.17, 15) is 13.2 Å². The molecule has 0 radical (unpaired) electrons. The van der Waals surface area contributed by atoms with Crippen LogP contribution in [-0.4, -0.2) is 33.0 Å². The normalized spacial score (nSPS) is 28.4. The topological polar surface area (TPSA) is 87.3 Å². The number of nitrogens with one attached hydrogen (secondary N) is 3. The van der Waals surface area contributed by atoms with Crippen molar-refractivity contribution < 1.29 is 13.2 Å². The van der Waals surface area contributed by atoms with Crippen molar-refractivity contribution in [1.29, 1.82) is 0 Å².